The van der Waals surface area contributed by atoms with Gasteiger partial charge >= 0.3 is 12.1 Å². The van der Waals surface area contributed by atoms with Gasteiger partial charge in [-0.15, -0.1) is 0 Å². The molecule has 0 aliphatic rings. The van der Waals surface area contributed by atoms with Gasteiger partial charge < -0.3 is 10.2 Å². The Morgan fingerprint density at radius 3 is 2.00 bits per heavy atom. The molecule has 0 aromatic carbocycles. The van der Waals surface area contributed by atoms with E-state index in [2.05, 4.69) is 0 Å². The van der Waals surface area contributed by atoms with E-state index in [-0.39, 0.29) is 0 Å². The average molecular weight is 158 g/mol. The number of aliphatic hydroxyl groups is 1. The maximum atomic E-state index is 11.3. The van der Waals surface area contributed by atoms with Crippen molar-refractivity contribution in [2.75, 3.05) is 0 Å². The fraction of sp³-hybridized carbons (Fsp3) is 0.750. The Morgan fingerprint density at radius 1 is 1.50 bits per heavy atom. The summed E-state index contributed by atoms with van der Waals surface area (Å²) in [7, 11) is 0. The zero-order valence-corrected chi connectivity index (χ0v) is 4.72. The highest BCUT2D eigenvalue weighted by Gasteiger charge is 2.39. The summed E-state index contributed by atoms with van der Waals surface area (Å²) >= 11 is 0. The number of alkyl halides is 3. The second-order valence-electron chi connectivity index (χ2n) is 1.66. The Bertz CT molecular complexity index is 130. The third-order valence-electron chi connectivity index (χ3n) is 0.746. The summed E-state index contributed by atoms with van der Waals surface area (Å²) in [4.78, 5) is 9.60. The molecule has 0 rings (SSSR count). The molecule has 1 unspecified atom stereocenters. The Labute approximate surface area is 54.1 Å². The van der Waals surface area contributed by atoms with Crippen LogP contribution in [-0.4, -0.2) is 28.5 Å². The molecule has 3 nitrogen and oxygen atoms in total. The van der Waals surface area contributed by atoms with Crippen LogP contribution in [0.25, 0.3) is 0 Å². The van der Waals surface area contributed by atoms with Crippen molar-refractivity contribution < 1.29 is 28.2 Å². The Hall–Kier alpha value is -0.780. The summed E-state index contributed by atoms with van der Waals surface area (Å²) < 4.78 is 33.9. The number of carboxylic acid groups (broad SMARTS) is 1. The minimum absolute atomic E-state index is 1.30. The molecule has 2 N–H and O–H groups in total. The quantitative estimate of drug-likeness (QED) is 0.610. The first-order valence-corrected chi connectivity index (χ1v) is 2.30. The molecule has 0 saturated heterocycles. The maximum absolute atomic E-state index is 11.3. The predicted octanol–water partition coefficient (Wildman–Crippen LogP) is 0.384. The first-order valence-electron chi connectivity index (χ1n) is 2.30. The van der Waals surface area contributed by atoms with Crippen molar-refractivity contribution in [1.29, 1.82) is 0 Å². The summed E-state index contributed by atoms with van der Waals surface area (Å²) in [6.45, 7) is 0. The first-order chi connectivity index (χ1) is 4.34. The highest BCUT2D eigenvalue weighted by atomic mass is 19.4. The number of hydrogen-bond donors (Lipinski definition) is 2. The fourth-order valence-corrected chi connectivity index (χ4v) is 0.281. The zero-order chi connectivity index (χ0) is 8.36. The lowest BCUT2D eigenvalue weighted by Gasteiger charge is -2.10. The van der Waals surface area contributed by atoms with E-state index in [9.17, 15) is 18.0 Å². The number of aliphatic carboxylic acids is 1. The molecule has 6 heteroatoms. The molecular formula is C4H5F3O3. The number of carbonyl (C=O) groups is 1. The van der Waals surface area contributed by atoms with E-state index in [1.807, 2.05) is 0 Å². The van der Waals surface area contributed by atoms with Gasteiger partial charge in [-0.3, -0.25) is 4.79 Å². The molecule has 0 bridgehead atoms. The summed E-state index contributed by atoms with van der Waals surface area (Å²) in [5.41, 5.74) is 0. The smallest absolute Gasteiger partial charge is 0.414 e. The first kappa shape index (κ1) is 9.22. The van der Waals surface area contributed by atoms with E-state index in [0.29, 0.717) is 0 Å². The summed E-state index contributed by atoms with van der Waals surface area (Å²) in [6, 6.07) is 0. The van der Waals surface area contributed by atoms with Crippen LogP contribution in [-0.2, 0) is 4.79 Å². The van der Waals surface area contributed by atoms with Crippen LogP contribution in [0.2, 0.25) is 0 Å². The normalized spacial score (nSPS) is 14.8. The van der Waals surface area contributed by atoms with Gasteiger partial charge in [0.15, 0.2) is 6.10 Å². The maximum Gasteiger partial charge on any atom is 0.414 e. The molecule has 0 aromatic rings. The third kappa shape index (κ3) is 3.29. The SMILES string of the molecule is O=C(O)CC(O)C(F)(F)F. The van der Waals surface area contributed by atoms with Crippen LogP contribution in [0.4, 0.5) is 13.2 Å². The number of aliphatic hydroxyl groups excluding tert-OH is 1. The van der Waals surface area contributed by atoms with Crippen molar-refractivity contribution in [2.45, 2.75) is 18.7 Å². The zero-order valence-electron chi connectivity index (χ0n) is 4.72. The molecule has 60 valence electrons. The van der Waals surface area contributed by atoms with Gasteiger partial charge in [-0.25, -0.2) is 0 Å². The van der Waals surface area contributed by atoms with E-state index in [1.165, 1.54) is 0 Å². The van der Waals surface area contributed by atoms with E-state index in [1.54, 1.807) is 0 Å². The second kappa shape index (κ2) is 2.87. The monoisotopic (exact) mass is 158 g/mol. The van der Waals surface area contributed by atoms with Gasteiger partial charge in [0.25, 0.3) is 0 Å². The predicted molar refractivity (Wildman–Crippen MR) is 24.3 cm³/mol. The van der Waals surface area contributed by atoms with Crippen molar-refractivity contribution in [2.24, 2.45) is 0 Å². The van der Waals surface area contributed by atoms with Crippen LogP contribution in [0, 0.1) is 0 Å². The highest BCUT2D eigenvalue weighted by Crippen LogP contribution is 2.21. The van der Waals surface area contributed by atoms with Crippen LogP contribution in [0.1, 0.15) is 6.42 Å². The molecule has 0 aliphatic heterocycles. The average Bonchev–Trinajstić information content (AvgIpc) is 1.60. The number of hydrogen-bond acceptors (Lipinski definition) is 2. The van der Waals surface area contributed by atoms with Gasteiger partial charge in [0.05, 0.1) is 6.42 Å². The van der Waals surface area contributed by atoms with E-state index in [4.69, 9.17) is 10.2 Å². The summed E-state index contributed by atoms with van der Waals surface area (Å²) in [6.07, 6.45) is -8.90. The standard InChI is InChI=1S/C4H5F3O3/c5-4(6,7)2(8)1-3(9)10/h2,8H,1H2,(H,9,10). The second-order valence-corrected chi connectivity index (χ2v) is 1.66. The van der Waals surface area contributed by atoms with Crippen molar-refractivity contribution in [1.82, 2.24) is 0 Å². The van der Waals surface area contributed by atoms with Crippen LogP contribution in [0.5, 0.6) is 0 Å². The Morgan fingerprint density at radius 2 is 1.90 bits per heavy atom. The van der Waals surface area contributed by atoms with Gasteiger partial charge in [-0.2, -0.15) is 13.2 Å². The highest BCUT2D eigenvalue weighted by molar-refractivity contribution is 5.67. The fourth-order valence-electron chi connectivity index (χ4n) is 0.281. The van der Waals surface area contributed by atoms with Gasteiger partial charge in [0.2, 0.25) is 0 Å². The Balaban J connectivity index is 3.85. The van der Waals surface area contributed by atoms with Crippen LogP contribution >= 0.6 is 0 Å². The van der Waals surface area contributed by atoms with Crippen molar-refractivity contribution in [3.63, 3.8) is 0 Å². The topological polar surface area (TPSA) is 57.5 Å². The molecule has 0 saturated carbocycles. The number of carboxylic acids is 1. The third-order valence-corrected chi connectivity index (χ3v) is 0.746. The molecule has 10 heavy (non-hydrogen) atoms. The summed E-state index contributed by atoms with van der Waals surface area (Å²) in [5, 5.41) is 15.8. The van der Waals surface area contributed by atoms with Gasteiger partial charge in [-0.05, 0) is 0 Å². The van der Waals surface area contributed by atoms with Gasteiger partial charge in [0.1, 0.15) is 0 Å². The molecular weight excluding hydrogens is 153 g/mol. The molecule has 0 heterocycles. The van der Waals surface area contributed by atoms with Gasteiger partial charge in [-0.1, -0.05) is 0 Å². The van der Waals surface area contributed by atoms with Crippen LogP contribution < -0.4 is 0 Å². The number of halogens is 3. The van der Waals surface area contributed by atoms with Crippen molar-refractivity contribution >= 4 is 5.97 Å². The van der Waals surface area contributed by atoms with E-state index in [0.717, 1.165) is 0 Å². The van der Waals surface area contributed by atoms with Crippen LogP contribution in [0.15, 0.2) is 0 Å². The Kier molecular flexibility index (Phi) is 2.65. The molecule has 0 spiro atoms. The van der Waals surface area contributed by atoms with E-state index < -0.39 is 24.7 Å². The molecule has 0 fully saturated rings. The van der Waals surface area contributed by atoms with Crippen LogP contribution in [0.3, 0.4) is 0 Å². The molecule has 1 atom stereocenters. The van der Waals surface area contributed by atoms with Crippen molar-refractivity contribution in [3.8, 4) is 0 Å². The van der Waals surface area contributed by atoms with Crippen molar-refractivity contribution in [3.05, 3.63) is 0 Å². The largest absolute Gasteiger partial charge is 0.481 e. The van der Waals surface area contributed by atoms with Gasteiger partial charge in [0, 0.05) is 0 Å². The number of rotatable bonds is 2. The molecule has 0 amide bonds. The molecule has 0 aromatic heterocycles. The minimum Gasteiger partial charge on any atom is -0.481 e. The lowest BCUT2D eigenvalue weighted by atomic mass is 10.2. The molecule has 0 aliphatic carbocycles. The lowest BCUT2D eigenvalue weighted by Crippen LogP contribution is -2.30. The minimum atomic E-state index is -4.83. The lowest BCUT2D eigenvalue weighted by molar-refractivity contribution is -0.208. The molecule has 0 radical (unpaired) electrons. The summed E-state index contributed by atoms with van der Waals surface area (Å²) in [5.74, 6) is -1.68. The van der Waals surface area contributed by atoms with E-state index >= 15 is 0 Å².